The van der Waals surface area contributed by atoms with Crippen molar-refractivity contribution in [1.29, 1.82) is 0 Å². The predicted octanol–water partition coefficient (Wildman–Crippen LogP) is 7.75. The van der Waals surface area contributed by atoms with E-state index in [1.54, 1.807) is 11.0 Å². The zero-order chi connectivity index (χ0) is 26.0. The van der Waals surface area contributed by atoms with Crippen molar-refractivity contribution < 1.29 is 14.3 Å². The first kappa shape index (κ1) is 27.3. The lowest BCUT2D eigenvalue weighted by molar-refractivity contribution is -0.173. The summed E-state index contributed by atoms with van der Waals surface area (Å²) in [5.74, 6) is -0.581. The van der Waals surface area contributed by atoms with Crippen LogP contribution in [0.25, 0.3) is 0 Å². The summed E-state index contributed by atoms with van der Waals surface area (Å²) in [6, 6.07) is 14.1. The Morgan fingerprint density at radius 1 is 1.17 bits per heavy atom. The number of halogens is 2. The van der Waals surface area contributed by atoms with Gasteiger partial charge in [0, 0.05) is 16.0 Å². The molecule has 0 aliphatic carbocycles. The van der Waals surface area contributed by atoms with Crippen LogP contribution in [0.4, 0.5) is 0 Å². The van der Waals surface area contributed by atoms with Gasteiger partial charge in [-0.05, 0) is 75.4 Å². The van der Waals surface area contributed by atoms with E-state index in [1.807, 2.05) is 83.1 Å². The number of benzene rings is 2. The summed E-state index contributed by atoms with van der Waals surface area (Å²) in [7, 11) is 0. The van der Waals surface area contributed by atoms with Gasteiger partial charge in [0.2, 0.25) is 5.91 Å². The average Bonchev–Trinajstić information content (AvgIpc) is 2.77. The number of rotatable bonds is 7. The Labute approximate surface area is 219 Å². The fraction of sp³-hybridized carbons (Fsp3) is 0.448. The first-order valence-corrected chi connectivity index (χ1v) is 12.8. The molecule has 1 amide bonds. The third-order valence-corrected chi connectivity index (χ3v) is 7.07. The van der Waals surface area contributed by atoms with Gasteiger partial charge in [0.05, 0.1) is 11.5 Å². The van der Waals surface area contributed by atoms with Crippen molar-refractivity contribution in [2.24, 2.45) is 5.41 Å². The molecule has 35 heavy (non-hydrogen) atoms. The molecule has 0 saturated carbocycles. The number of carbonyl (C=O) groups is 2. The number of piperidine rings is 1. The second kappa shape index (κ2) is 10.8. The second-order valence-electron chi connectivity index (χ2n) is 10.6. The molecule has 2 aromatic carbocycles. The van der Waals surface area contributed by atoms with Gasteiger partial charge in [-0.25, -0.2) is 4.79 Å². The van der Waals surface area contributed by atoms with Crippen molar-refractivity contribution in [3.8, 4) is 0 Å². The minimum absolute atomic E-state index is 0.0756. The topological polar surface area (TPSA) is 46.6 Å². The zero-order valence-electron chi connectivity index (χ0n) is 21.2. The van der Waals surface area contributed by atoms with Gasteiger partial charge in [-0.1, -0.05) is 67.4 Å². The smallest absolute Gasteiger partial charge is 0.329 e. The molecule has 0 aromatic heterocycles. The standard InChI is InChI=1S/C29H35Cl2NO3/c1-7-16-29(6)18-23(20-10-9-11-22(31)17-20)25(19-12-14-21(30)15-13-19)32(27(29)34)24(8-2)26(33)35-28(3,4)5/h7,9-15,17,23-25H,1,8,16,18H2,2-6H3. The van der Waals surface area contributed by atoms with E-state index in [0.717, 1.165) is 11.1 Å². The van der Waals surface area contributed by atoms with Gasteiger partial charge >= 0.3 is 5.97 Å². The van der Waals surface area contributed by atoms with Crippen LogP contribution in [0.15, 0.2) is 61.2 Å². The van der Waals surface area contributed by atoms with Crippen molar-refractivity contribution in [2.75, 3.05) is 0 Å². The van der Waals surface area contributed by atoms with Gasteiger partial charge in [0.15, 0.2) is 0 Å². The highest BCUT2D eigenvalue weighted by Gasteiger charge is 2.52. The van der Waals surface area contributed by atoms with Gasteiger partial charge in [-0.3, -0.25) is 4.79 Å². The van der Waals surface area contributed by atoms with Gasteiger partial charge in [-0.2, -0.15) is 0 Å². The quantitative estimate of drug-likeness (QED) is 0.279. The van der Waals surface area contributed by atoms with Crippen LogP contribution in [0.3, 0.4) is 0 Å². The highest BCUT2D eigenvalue weighted by atomic mass is 35.5. The summed E-state index contributed by atoms with van der Waals surface area (Å²) in [6.07, 6.45) is 3.30. The summed E-state index contributed by atoms with van der Waals surface area (Å²) in [5, 5.41) is 1.24. The van der Waals surface area contributed by atoms with Crippen molar-refractivity contribution in [3.63, 3.8) is 0 Å². The lowest BCUT2D eigenvalue weighted by Crippen LogP contribution is -2.58. The SMILES string of the molecule is C=CCC1(C)CC(c2cccc(Cl)c2)C(c2ccc(Cl)cc2)N(C(CC)C(=O)OC(C)(C)C)C1=O. The third kappa shape index (κ3) is 6.10. The summed E-state index contributed by atoms with van der Waals surface area (Å²) in [6.45, 7) is 13.3. The molecule has 1 aliphatic rings. The molecule has 1 aliphatic heterocycles. The number of amides is 1. The molecule has 2 aromatic rings. The van der Waals surface area contributed by atoms with E-state index in [0.29, 0.717) is 29.3 Å². The molecule has 1 heterocycles. The minimum Gasteiger partial charge on any atom is -0.458 e. The minimum atomic E-state index is -0.742. The molecular formula is C29H35Cl2NO3. The molecule has 6 heteroatoms. The normalized spacial score (nSPS) is 23.6. The van der Waals surface area contributed by atoms with Crippen LogP contribution in [-0.4, -0.2) is 28.4 Å². The van der Waals surface area contributed by atoms with E-state index in [1.165, 1.54) is 0 Å². The molecule has 0 spiro atoms. The van der Waals surface area contributed by atoms with Crippen molar-refractivity contribution >= 4 is 35.1 Å². The summed E-state index contributed by atoms with van der Waals surface area (Å²) in [4.78, 5) is 29.4. The number of nitrogens with zero attached hydrogens (tertiary/aromatic N) is 1. The van der Waals surface area contributed by atoms with Crippen molar-refractivity contribution in [1.82, 2.24) is 4.90 Å². The number of carbonyl (C=O) groups excluding carboxylic acids is 2. The number of hydrogen-bond donors (Lipinski definition) is 0. The number of allylic oxidation sites excluding steroid dienone is 1. The lowest BCUT2D eigenvalue weighted by atomic mass is 9.67. The zero-order valence-corrected chi connectivity index (χ0v) is 22.7. The maximum absolute atomic E-state index is 14.2. The Kier molecular flexibility index (Phi) is 8.39. The highest BCUT2D eigenvalue weighted by molar-refractivity contribution is 6.30. The van der Waals surface area contributed by atoms with Crippen LogP contribution in [0.5, 0.6) is 0 Å². The van der Waals surface area contributed by atoms with Crippen LogP contribution < -0.4 is 0 Å². The first-order chi connectivity index (χ1) is 16.4. The van der Waals surface area contributed by atoms with E-state index in [2.05, 4.69) is 6.58 Å². The second-order valence-corrected chi connectivity index (χ2v) is 11.5. The van der Waals surface area contributed by atoms with Gasteiger partial charge in [-0.15, -0.1) is 6.58 Å². The molecular weight excluding hydrogens is 481 g/mol. The Morgan fingerprint density at radius 2 is 1.83 bits per heavy atom. The van der Waals surface area contributed by atoms with E-state index < -0.39 is 29.1 Å². The van der Waals surface area contributed by atoms with Gasteiger partial charge in [0.25, 0.3) is 0 Å². The molecule has 0 bridgehead atoms. The molecule has 1 fully saturated rings. The predicted molar refractivity (Wildman–Crippen MR) is 143 cm³/mol. The molecule has 188 valence electrons. The lowest BCUT2D eigenvalue weighted by Gasteiger charge is -2.51. The van der Waals surface area contributed by atoms with Crippen LogP contribution >= 0.6 is 23.2 Å². The maximum Gasteiger partial charge on any atom is 0.329 e. The summed E-state index contributed by atoms with van der Waals surface area (Å²) in [5.41, 5.74) is 0.530. The fourth-order valence-corrected chi connectivity index (χ4v) is 5.40. The Bertz CT molecular complexity index is 1080. The largest absolute Gasteiger partial charge is 0.458 e. The van der Waals surface area contributed by atoms with Gasteiger partial charge < -0.3 is 9.64 Å². The molecule has 0 radical (unpaired) electrons. The van der Waals surface area contributed by atoms with Crippen molar-refractivity contribution in [2.45, 2.75) is 77.5 Å². The first-order valence-electron chi connectivity index (χ1n) is 12.1. The van der Waals surface area contributed by atoms with Crippen molar-refractivity contribution in [3.05, 3.63) is 82.4 Å². The van der Waals surface area contributed by atoms with Crippen LogP contribution in [0.1, 0.15) is 77.0 Å². The molecule has 4 atom stereocenters. The number of likely N-dealkylation sites (tertiary alicyclic amines) is 1. The Morgan fingerprint density at radius 3 is 2.37 bits per heavy atom. The third-order valence-electron chi connectivity index (χ3n) is 6.59. The molecule has 4 unspecified atom stereocenters. The average molecular weight is 517 g/mol. The number of esters is 1. The van der Waals surface area contributed by atoms with E-state index in [9.17, 15) is 9.59 Å². The van der Waals surface area contributed by atoms with E-state index in [4.69, 9.17) is 27.9 Å². The molecule has 1 saturated heterocycles. The van der Waals surface area contributed by atoms with Crippen LogP contribution in [-0.2, 0) is 14.3 Å². The fourth-order valence-electron chi connectivity index (χ4n) is 5.08. The number of ether oxygens (including phenoxy) is 1. The van der Waals surface area contributed by atoms with Crippen LogP contribution in [0, 0.1) is 5.41 Å². The summed E-state index contributed by atoms with van der Waals surface area (Å²) < 4.78 is 5.79. The highest BCUT2D eigenvalue weighted by Crippen LogP contribution is 2.52. The monoisotopic (exact) mass is 515 g/mol. The molecule has 4 nitrogen and oxygen atoms in total. The molecule has 0 N–H and O–H groups in total. The summed E-state index contributed by atoms with van der Waals surface area (Å²) >= 11 is 12.6. The van der Waals surface area contributed by atoms with E-state index in [-0.39, 0.29) is 11.8 Å². The van der Waals surface area contributed by atoms with Gasteiger partial charge in [0.1, 0.15) is 11.6 Å². The Balaban J connectivity index is 2.24. The molecule has 3 rings (SSSR count). The maximum atomic E-state index is 14.2. The van der Waals surface area contributed by atoms with Crippen LogP contribution in [0.2, 0.25) is 10.0 Å². The van der Waals surface area contributed by atoms with E-state index >= 15 is 0 Å². The Hall–Kier alpha value is -2.30. The number of hydrogen-bond acceptors (Lipinski definition) is 3.